The molecule has 0 atom stereocenters. The monoisotopic (exact) mass is 450 g/mol. The zero-order chi connectivity index (χ0) is 23.2. The fourth-order valence-corrected chi connectivity index (χ4v) is 2.26. The van der Waals surface area contributed by atoms with E-state index >= 15 is 0 Å². The van der Waals surface area contributed by atoms with E-state index in [1.54, 1.807) is 0 Å². The van der Waals surface area contributed by atoms with Crippen molar-refractivity contribution in [3.8, 4) is 35.0 Å². The second-order valence-electron chi connectivity index (χ2n) is 5.38. The molecular weight excluding hydrogens is 448 g/mol. The molecule has 4 aromatic rings. The first-order valence-electron chi connectivity index (χ1n) is 7.61. The third kappa shape index (κ3) is 3.19. The standard InChI is InChI=1S/C10H2N12O10/c23-19(24)3-1-17(21(27)28)15-5(3)7-11-13-9(31-7)10-14-12-8(32-10)6-4(20(25)26)2-18(16-6)22(29)30/h1-2H. The van der Waals surface area contributed by atoms with E-state index in [4.69, 9.17) is 8.83 Å². The zero-order valence-corrected chi connectivity index (χ0v) is 14.6. The van der Waals surface area contributed by atoms with Crippen molar-refractivity contribution >= 4 is 11.4 Å². The number of hydrogen-bond donors (Lipinski definition) is 0. The molecule has 0 spiro atoms. The Kier molecular flexibility index (Phi) is 4.27. The molecule has 4 heterocycles. The quantitative estimate of drug-likeness (QED) is 0.259. The van der Waals surface area contributed by atoms with Gasteiger partial charge in [-0.2, -0.15) is 0 Å². The van der Waals surface area contributed by atoms with Gasteiger partial charge in [0.05, 0.1) is 30.1 Å². The summed E-state index contributed by atoms with van der Waals surface area (Å²) in [6, 6.07) is 0. The number of hydrogen-bond acceptors (Lipinski definition) is 16. The first-order valence-corrected chi connectivity index (χ1v) is 7.61. The smallest absolute Gasteiger partial charge is 0.352 e. The van der Waals surface area contributed by atoms with Gasteiger partial charge in [0.15, 0.2) is 12.4 Å². The van der Waals surface area contributed by atoms with Gasteiger partial charge in [0.25, 0.3) is 0 Å². The van der Waals surface area contributed by atoms with E-state index < -0.39 is 66.2 Å². The minimum Gasteiger partial charge on any atom is -0.409 e. The maximum Gasteiger partial charge on any atom is 0.352 e. The van der Waals surface area contributed by atoms with Crippen LogP contribution in [0.5, 0.6) is 0 Å². The largest absolute Gasteiger partial charge is 0.409 e. The van der Waals surface area contributed by atoms with Crippen LogP contribution < -0.4 is 0 Å². The number of nitro groups is 4. The topological polar surface area (TPSA) is 286 Å². The van der Waals surface area contributed by atoms with Gasteiger partial charge in [0, 0.05) is 9.58 Å². The molecule has 0 fully saturated rings. The molecule has 0 N–H and O–H groups in total. The molecule has 0 bridgehead atoms. The Labute approximate surface area is 169 Å². The molecule has 0 radical (unpaired) electrons. The second-order valence-corrected chi connectivity index (χ2v) is 5.38. The van der Waals surface area contributed by atoms with Crippen LogP contribution in [-0.2, 0) is 0 Å². The van der Waals surface area contributed by atoms with Gasteiger partial charge in [0.2, 0.25) is 0 Å². The van der Waals surface area contributed by atoms with Crippen molar-refractivity contribution in [3.63, 3.8) is 0 Å². The van der Waals surface area contributed by atoms with Crippen LogP contribution >= 0.6 is 0 Å². The van der Waals surface area contributed by atoms with Gasteiger partial charge in [-0.05, 0) is 0 Å². The SMILES string of the molecule is O=[N+]([O-])c1cn([N+](=O)[O-])nc1-c1nnc(-c2nnc(-c3nn([N+](=O)[O-])cc3[N+](=O)[O-])o2)o1. The minimum absolute atomic E-state index is 0.0624. The minimum atomic E-state index is -1.05. The number of aromatic nitrogens is 8. The van der Waals surface area contributed by atoms with E-state index in [-0.39, 0.29) is 9.58 Å². The molecular formula is C10H2N12O10. The Morgan fingerprint density at radius 2 is 0.969 bits per heavy atom. The fraction of sp³-hybridized carbons (Fsp3) is 0. The summed E-state index contributed by atoms with van der Waals surface area (Å²) in [6.45, 7) is 0. The normalized spacial score (nSPS) is 10.9. The molecule has 0 aliphatic rings. The van der Waals surface area contributed by atoms with Crippen molar-refractivity contribution in [2.24, 2.45) is 0 Å². The molecule has 22 heteroatoms. The molecule has 0 aliphatic heterocycles. The molecule has 0 aromatic carbocycles. The molecule has 4 rings (SSSR count). The van der Waals surface area contributed by atoms with E-state index in [9.17, 15) is 40.5 Å². The van der Waals surface area contributed by atoms with Gasteiger partial charge in [-0.1, -0.05) is 0 Å². The second kappa shape index (κ2) is 6.97. The molecule has 162 valence electrons. The zero-order valence-electron chi connectivity index (χ0n) is 14.6. The summed E-state index contributed by atoms with van der Waals surface area (Å²) in [5, 5.41) is 62.3. The lowest BCUT2D eigenvalue weighted by Crippen LogP contribution is -2.08. The van der Waals surface area contributed by atoms with Gasteiger partial charge in [-0.25, -0.2) is 0 Å². The third-order valence-corrected chi connectivity index (χ3v) is 3.53. The van der Waals surface area contributed by atoms with Crippen LogP contribution in [0.25, 0.3) is 35.0 Å². The molecule has 0 unspecified atom stereocenters. The van der Waals surface area contributed by atoms with Crippen LogP contribution in [0, 0.1) is 40.5 Å². The highest BCUT2D eigenvalue weighted by Gasteiger charge is 2.36. The maximum atomic E-state index is 11.1. The van der Waals surface area contributed by atoms with E-state index in [0.29, 0.717) is 12.4 Å². The first kappa shape index (κ1) is 19.6. The molecule has 22 nitrogen and oxygen atoms in total. The van der Waals surface area contributed by atoms with Crippen LogP contribution in [0.15, 0.2) is 21.2 Å². The maximum absolute atomic E-state index is 11.1. The van der Waals surface area contributed by atoms with E-state index in [1.807, 2.05) is 0 Å². The molecule has 32 heavy (non-hydrogen) atoms. The summed E-state index contributed by atoms with van der Waals surface area (Å²) in [5.74, 6) is -2.31. The highest BCUT2D eigenvalue weighted by atomic mass is 16.7. The van der Waals surface area contributed by atoms with E-state index in [0.717, 1.165) is 0 Å². The highest BCUT2D eigenvalue weighted by molar-refractivity contribution is 5.63. The van der Waals surface area contributed by atoms with Gasteiger partial charge in [-0.3, -0.25) is 20.2 Å². The summed E-state index contributed by atoms with van der Waals surface area (Å²) < 4.78 is 10.2. The van der Waals surface area contributed by atoms with Crippen LogP contribution in [0.4, 0.5) is 11.4 Å². The van der Waals surface area contributed by atoms with Gasteiger partial charge in [0.1, 0.15) is 0 Å². The highest BCUT2D eigenvalue weighted by Crippen LogP contribution is 2.32. The summed E-state index contributed by atoms with van der Waals surface area (Å²) in [6.07, 6.45) is 1.02. The lowest BCUT2D eigenvalue weighted by Gasteiger charge is -1.86. The summed E-state index contributed by atoms with van der Waals surface area (Å²) >= 11 is 0. The average Bonchev–Trinajstić information content (AvgIpc) is 3.51. The first-order chi connectivity index (χ1) is 15.2. The Bertz CT molecular complexity index is 1300. The molecule has 4 aromatic heterocycles. The Morgan fingerprint density at radius 3 is 1.28 bits per heavy atom. The molecule has 0 saturated heterocycles. The summed E-state index contributed by atoms with van der Waals surface area (Å²) in [4.78, 5) is 41.9. The lowest BCUT2D eigenvalue weighted by molar-refractivity contribution is -0.553. The van der Waals surface area contributed by atoms with Crippen molar-refractivity contribution in [1.29, 1.82) is 0 Å². The van der Waals surface area contributed by atoms with Crippen molar-refractivity contribution < 1.29 is 28.7 Å². The number of nitrogens with zero attached hydrogens (tertiary/aromatic N) is 12. The van der Waals surface area contributed by atoms with Crippen LogP contribution in [0.1, 0.15) is 0 Å². The number of rotatable bonds is 7. The van der Waals surface area contributed by atoms with Crippen molar-refractivity contribution in [2.45, 2.75) is 0 Å². The Balaban J connectivity index is 1.71. The summed E-state index contributed by atoms with van der Waals surface area (Å²) in [7, 11) is 0. The van der Waals surface area contributed by atoms with E-state index in [1.165, 1.54) is 0 Å². The van der Waals surface area contributed by atoms with Gasteiger partial charge < -0.3 is 29.1 Å². The van der Waals surface area contributed by atoms with Gasteiger partial charge in [-0.15, -0.1) is 20.4 Å². The van der Waals surface area contributed by atoms with Crippen LogP contribution in [0.2, 0.25) is 0 Å². The third-order valence-electron chi connectivity index (χ3n) is 3.53. The molecule has 0 aliphatic carbocycles. The van der Waals surface area contributed by atoms with Crippen molar-refractivity contribution in [1.82, 2.24) is 40.2 Å². The van der Waals surface area contributed by atoms with Crippen molar-refractivity contribution in [3.05, 3.63) is 52.9 Å². The molecule has 0 saturated carbocycles. The van der Waals surface area contributed by atoms with Crippen LogP contribution in [-0.4, -0.2) is 60.1 Å². The predicted molar refractivity (Wildman–Crippen MR) is 88.1 cm³/mol. The average molecular weight is 450 g/mol. The molecule has 0 amide bonds. The predicted octanol–water partition coefficient (Wildman–Crippen LogP) is -0.257. The van der Waals surface area contributed by atoms with Crippen molar-refractivity contribution in [2.75, 3.05) is 0 Å². The van der Waals surface area contributed by atoms with Crippen LogP contribution in [0.3, 0.4) is 0 Å². The summed E-state index contributed by atoms with van der Waals surface area (Å²) in [5.41, 5.74) is -2.90. The van der Waals surface area contributed by atoms with E-state index in [2.05, 4.69) is 30.6 Å². The fourth-order valence-electron chi connectivity index (χ4n) is 2.26. The van der Waals surface area contributed by atoms with Gasteiger partial charge >= 0.3 is 46.3 Å². The lowest BCUT2D eigenvalue weighted by atomic mass is 10.4. The Morgan fingerprint density at radius 1 is 0.625 bits per heavy atom. The Hall–Kier alpha value is -5.70.